The molecule has 0 aliphatic heterocycles. The van der Waals surface area contributed by atoms with Gasteiger partial charge in [0.25, 0.3) is 5.56 Å². The average Bonchev–Trinajstić information content (AvgIpc) is 2.69. The summed E-state index contributed by atoms with van der Waals surface area (Å²) in [5, 5.41) is 5.06. The first-order chi connectivity index (χ1) is 12.7. The molecule has 26 heavy (non-hydrogen) atoms. The van der Waals surface area contributed by atoms with Crippen LogP contribution in [0.5, 0.6) is 0 Å². The predicted octanol–water partition coefficient (Wildman–Crippen LogP) is 4.31. The van der Waals surface area contributed by atoms with Crippen LogP contribution in [0.25, 0.3) is 27.8 Å². The summed E-state index contributed by atoms with van der Waals surface area (Å²) in [6.07, 6.45) is 3.64. The average molecular weight is 363 g/mol. The van der Waals surface area contributed by atoms with Crippen LogP contribution in [0.15, 0.2) is 76.6 Å². The molecular weight excluding hydrogens is 349 g/mol. The maximum atomic E-state index is 13.3. The molecule has 0 N–H and O–H groups in total. The summed E-state index contributed by atoms with van der Waals surface area (Å²) in [6.45, 7) is 0. The van der Waals surface area contributed by atoms with E-state index in [1.54, 1.807) is 30.1 Å². The standard InChI is InChI=1S/C20H14FN3OS/c1-26-17-7-3-2-5-15(17)19-18-16(6-4-12-22-18)20(25)24(23-19)14-10-8-13(21)9-11-14/h2-12H,1H3. The molecule has 0 spiro atoms. The second kappa shape index (κ2) is 6.72. The summed E-state index contributed by atoms with van der Waals surface area (Å²) >= 11 is 1.60. The van der Waals surface area contributed by atoms with Crippen molar-refractivity contribution in [2.24, 2.45) is 0 Å². The molecule has 128 valence electrons. The van der Waals surface area contributed by atoms with Crippen molar-refractivity contribution < 1.29 is 4.39 Å². The molecule has 4 aromatic rings. The smallest absolute Gasteiger partial charge is 0.267 e. The van der Waals surface area contributed by atoms with Crippen molar-refractivity contribution in [3.63, 3.8) is 0 Å². The largest absolute Gasteiger partial charge is 0.280 e. The van der Waals surface area contributed by atoms with E-state index in [9.17, 15) is 9.18 Å². The molecule has 4 nitrogen and oxygen atoms in total. The van der Waals surface area contributed by atoms with Crippen molar-refractivity contribution in [3.8, 4) is 16.9 Å². The van der Waals surface area contributed by atoms with Gasteiger partial charge in [0.15, 0.2) is 0 Å². The first-order valence-corrected chi connectivity index (χ1v) is 9.19. The van der Waals surface area contributed by atoms with Crippen LogP contribution in [0.3, 0.4) is 0 Å². The van der Waals surface area contributed by atoms with E-state index in [0.717, 1.165) is 10.5 Å². The summed E-state index contributed by atoms with van der Waals surface area (Å²) in [5.74, 6) is -0.364. The predicted molar refractivity (Wildman–Crippen MR) is 102 cm³/mol. The van der Waals surface area contributed by atoms with Crippen molar-refractivity contribution in [1.82, 2.24) is 14.8 Å². The Kier molecular flexibility index (Phi) is 4.26. The summed E-state index contributed by atoms with van der Waals surface area (Å²) < 4.78 is 14.6. The van der Waals surface area contributed by atoms with Crippen LogP contribution >= 0.6 is 11.8 Å². The number of pyridine rings is 1. The minimum atomic E-state index is -0.364. The van der Waals surface area contributed by atoms with Gasteiger partial charge in [-0.05, 0) is 48.7 Å². The number of thioether (sulfide) groups is 1. The molecule has 0 bridgehead atoms. The van der Waals surface area contributed by atoms with Gasteiger partial charge in [0, 0.05) is 16.7 Å². The molecule has 0 aliphatic carbocycles. The van der Waals surface area contributed by atoms with Crippen LogP contribution in [0.1, 0.15) is 0 Å². The SMILES string of the molecule is CSc1ccccc1-c1nn(-c2ccc(F)cc2)c(=O)c2cccnc12. The van der Waals surface area contributed by atoms with Crippen molar-refractivity contribution in [2.45, 2.75) is 4.90 Å². The Hall–Kier alpha value is -2.99. The fourth-order valence-corrected chi connectivity index (χ4v) is 3.45. The lowest BCUT2D eigenvalue weighted by Gasteiger charge is -2.12. The molecule has 0 saturated carbocycles. The van der Waals surface area contributed by atoms with E-state index in [2.05, 4.69) is 10.1 Å². The Labute approximate surface area is 153 Å². The highest BCUT2D eigenvalue weighted by Crippen LogP contribution is 2.31. The third-order valence-electron chi connectivity index (χ3n) is 4.09. The normalized spacial score (nSPS) is 11.0. The second-order valence-corrected chi connectivity index (χ2v) is 6.49. The summed E-state index contributed by atoms with van der Waals surface area (Å²) in [6, 6.07) is 17.0. The third kappa shape index (κ3) is 2.78. The van der Waals surface area contributed by atoms with E-state index in [0.29, 0.717) is 22.3 Å². The fraction of sp³-hybridized carbons (Fsp3) is 0.0500. The van der Waals surface area contributed by atoms with Crippen LogP contribution < -0.4 is 5.56 Å². The zero-order chi connectivity index (χ0) is 18.1. The van der Waals surface area contributed by atoms with Crippen LogP contribution in [0.4, 0.5) is 4.39 Å². The zero-order valence-corrected chi connectivity index (χ0v) is 14.7. The van der Waals surface area contributed by atoms with Crippen LogP contribution in [-0.4, -0.2) is 21.0 Å². The maximum Gasteiger partial charge on any atom is 0.280 e. The molecule has 0 fully saturated rings. The summed E-state index contributed by atoms with van der Waals surface area (Å²) in [7, 11) is 0. The molecule has 0 aliphatic rings. The van der Waals surface area contributed by atoms with E-state index in [1.165, 1.54) is 28.9 Å². The minimum absolute atomic E-state index is 0.287. The van der Waals surface area contributed by atoms with Gasteiger partial charge in [-0.1, -0.05) is 18.2 Å². The Morgan fingerprint density at radius 1 is 1.00 bits per heavy atom. The highest BCUT2D eigenvalue weighted by atomic mass is 32.2. The van der Waals surface area contributed by atoms with E-state index in [4.69, 9.17) is 0 Å². The zero-order valence-electron chi connectivity index (χ0n) is 13.9. The monoisotopic (exact) mass is 363 g/mol. The van der Waals surface area contributed by atoms with Gasteiger partial charge in [-0.3, -0.25) is 9.78 Å². The maximum absolute atomic E-state index is 13.3. The number of hydrogen-bond acceptors (Lipinski definition) is 4. The number of rotatable bonds is 3. The van der Waals surface area contributed by atoms with E-state index in [1.807, 2.05) is 30.5 Å². The summed E-state index contributed by atoms with van der Waals surface area (Å²) in [4.78, 5) is 18.3. The number of fused-ring (bicyclic) bond motifs is 1. The number of aromatic nitrogens is 3. The molecule has 0 amide bonds. The van der Waals surface area contributed by atoms with Crippen LogP contribution in [0.2, 0.25) is 0 Å². The highest BCUT2D eigenvalue weighted by molar-refractivity contribution is 7.98. The lowest BCUT2D eigenvalue weighted by atomic mass is 10.1. The van der Waals surface area contributed by atoms with Gasteiger partial charge in [0.1, 0.15) is 17.0 Å². The quantitative estimate of drug-likeness (QED) is 0.509. The third-order valence-corrected chi connectivity index (χ3v) is 4.88. The molecule has 2 aromatic heterocycles. The molecule has 0 radical (unpaired) electrons. The number of nitrogens with zero attached hydrogens (tertiary/aromatic N) is 3. The van der Waals surface area contributed by atoms with Crippen LogP contribution in [0, 0.1) is 5.82 Å². The van der Waals surface area contributed by atoms with Gasteiger partial charge in [0.05, 0.1) is 11.1 Å². The van der Waals surface area contributed by atoms with Gasteiger partial charge in [-0.15, -0.1) is 11.8 Å². The first kappa shape index (κ1) is 16.5. The molecular formula is C20H14FN3OS. The van der Waals surface area contributed by atoms with Crippen molar-refractivity contribution in [3.05, 3.63) is 83.0 Å². The Bertz CT molecular complexity index is 1160. The molecule has 6 heteroatoms. The van der Waals surface area contributed by atoms with Gasteiger partial charge < -0.3 is 0 Å². The van der Waals surface area contributed by atoms with E-state index < -0.39 is 0 Å². The Morgan fingerprint density at radius 2 is 1.77 bits per heavy atom. The fourth-order valence-electron chi connectivity index (χ4n) is 2.85. The molecule has 2 heterocycles. The van der Waals surface area contributed by atoms with E-state index >= 15 is 0 Å². The molecule has 0 saturated heterocycles. The van der Waals surface area contributed by atoms with Crippen molar-refractivity contribution >= 4 is 22.7 Å². The van der Waals surface area contributed by atoms with Gasteiger partial charge in [0.2, 0.25) is 0 Å². The second-order valence-electron chi connectivity index (χ2n) is 5.64. The first-order valence-electron chi connectivity index (χ1n) is 7.96. The number of halogens is 1. The molecule has 0 unspecified atom stereocenters. The highest BCUT2D eigenvalue weighted by Gasteiger charge is 2.16. The van der Waals surface area contributed by atoms with Gasteiger partial charge in [-0.25, -0.2) is 4.39 Å². The van der Waals surface area contributed by atoms with E-state index in [-0.39, 0.29) is 11.4 Å². The summed E-state index contributed by atoms with van der Waals surface area (Å²) in [5.41, 5.74) is 2.29. The number of hydrogen-bond donors (Lipinski definition) is 0. The number of benzene rings is 2. The lowest BCUT2D eigenvalue weighted by Crippen LogP contribution is -2.22. The van der Waals surface area contributed by atoms with Gasteiger partial charge >= 0.3 is 0 Å². The van der Waals surface area contributed by atoms with Crippen molar-refractivity contribution in [2.75, 3.05) is 6.26 Å². The van der Waals surface area contributed by atoms with Gasteiger partial charge in [-0.2, -0.15) is 9.78 Å². The minimum Gasteiger partial charge on any atom is -0.267 e. The topological polar surface area (TPSA) is 47.8 Å². The molecule has 0 atom stereocenters. The molecule has 4 rings (SSSR count). The van der Waals surface area contributed by atoms with Crippen molar-refractivity contribution in [1.29, 1.82) is 0 Å². The Balaban J connectivity index is 2.08. The lowest BCUT2D eigenvalue weighted by molar-refractivity contribution is 0.626. The Morgan fingerprint density at radius 3 is 2.54 bits per heavy atom. The molecule has 2 aromatic carbocycles. The van der Waals surface area contributed by atoms with Crippen LogP contribution in [-0.2, 0) is 0 Å².